The van der Waals surface area contributed by atoms with Crippen LogP contribution in [0.1, 0.15) is 15.9 Å². The Morgan fingerprint density at radius 1 is 1.35 bits per heavy atom. The van der Waals surface area contributed by atoms with E-state index < -0.39 is 5.97 Å². The molecule has 1 aromatic carbocycles. The van der Waals surface area contributed by atoms with Crippen LogP contribution in [0.2, 0.25) is 5.02 Å². The van der Waals surface area contributed by atoms with Crippen LogP contribution in [0.3, 0.4) is 0 Å². The van der Waals surface area contributed by atoms with Gasteiger partial charge >= 0.3 is 5.97 Å². The fourth-order valence-corrected chi connectivity index (χ4v) is 3.20. The second-order valence-electron chi connectivity index (χ2n) is 4.40. The van der Waals surface area contributed by atoms with E-state index in [2.05, 4.69) is 4.98 Å². The standard InChI is InChI=1S/C15H10ClNO2S/c1-8-13(15(18)19)10-5-4-9(16)7-11(10)17-14(8)12-3-2-6-20-12/h2-7H,1H3,(H,18,19). The predicted octanol–water partition coefficient (Wildman–Crippen LogP) is 4.62. The number of halogens is 1. The van der Waals surface area contributed by atoms with Crippen molar-refractivity contribution in [2.75, 3.05) is 0 Å². The van der Waals surface area contributed by atoms with Gasteiger partial charge in [-0.05, 0) is 36.1 Å². The number of carboxylic acids is 1. The van der Waals surface area contributed by atoms with Gasteiger partial charge in [0.25, 0.3) is 0 Å². The number of fused-ring (bicyclic) bond motifs is 1. The van der Waals surface area contributed by atoms with Gasteiger partial charge in [0.05, 0.1) is 21.7 Å². The van der Waals surface area contributed by atoms with Gasteiger partial charge in [0.1, 0.15) is 0 Å². The maximum atomic E-state index is 11.6. The largest absolute Gasteiger partial charge is 0.478 e. The Morgan fingerprint density at radius 2 is 2.15 bits per heavy atom. The van der Waals surface area contributed by atoms with Crippen molar-refractivity contribution in [3.63, 3.8) is 0 Å². The molecule has 3 aromatic rings. The molecule has 5 heteroatoms. The molecule has 0 bridgehead atoms. The molecule has 3 nitrogen and oxygen atoms in total. The Morgan fingerprint density at radius 3 is 2.80 bits per heavy atom. The first-order valence-electron chi connectivity index (χ1n) is 5.95. The molecule has 1 N–H and O–H groups in total. The van der Waals surface area contributed by atoms with Crippen LogP contribution in [0.25, 0.3) is 21.5 Å². The minimum absolute atomic E-state index is 0.287. The molecule has 0 aliphatic heterocycles. The average molecular weight is 304 g/mol. The molecule has 0 aliphatic rings. The number of aromatic nitrogens is 1. The van der Waals surface area contributed by atoms with Gasteiger partial charge in [-0.3, -0.25) is 0 Å². The number of thiophene rings is 1. The first-order chi connectivity index (χ1) is 9.58. The molecule has 20 heavy (non-hydrogen) atoms. The first-order valence-corrected chi connectivity index (χ1v) is 7.20. The number of pyridine rings is 1. The maximum Gasteiger partial charge on any atom is 0.336 e. The van der Waals surface area contributed by atoms with Crippen molar-refractivity contribution in [3.05, 3.63) is 51.9 Å². The van der Waals surface area contributed by atoms with Crippen molar-refractivity contribution in [2.24, 2.45) is 0 Å². The van der Waals surface area contributed by atoms with Crippen molar-refractivity contribution in [1.29, 1.82) is 0 Å². The van der Waals surface area contributed by atoms with Crippen molar-refractivity contribution in [3.8, 4) is 10.6 Å². The smallest absolute Gasteiger partial charge is 0.336 e. The number of rotatable bonds is 2. The van der Waals surface area contributed by atoms with E-state index in [-0.39, 0.29) is 5.56 Å². The third-order valence-corrected chi connectivity index (χ3v) is 4.27. The van der Waals surface area contributed by atoms with Crippen LogP contribution >= 0.6 is 22.9 Å². The molecule has 0 spiro atoms. The summed E-state index contributed by atoms with van der Waals surface area (Å²) in [6.07, 6.45) is 0. The van der Waals surface area contributed by atoms with Gasteiger partial charge in [0.15, 0.2) is 0 Å². The van der Waals surface area contributed by atoms with Crippen molar-refractivity contribution in [1.82, 2.24) is 4.98 Å². The van der Waals surface area contributed by atoms with Crippen LogP contribution < -0.4 is 0 Å². The Labute approximate surface area is 124 Å². The lowest BCUT2D eigenvalue weighted by molar-refractivity contribution is 0.0698. The van der Waals surface area contributed by atoms with Crippen LogP contribution in [0.4, 0.5) is 0 Å². The van der Waals surface area contributed by atoms with E-state index in [1.165, 1.54) is 11.3 Å². The van der Waals surface area contributed by atoms with Gasteiger partial charge in [0, 0.05) is 10.4 Å². The normalized spacial score (nSPS) is 10.9. The summed E-state index contributed by atoms with van der Waals surface area (Å²) in [5, 5.41) is 12.6. The molecule has 2 aromatic heterocycles. The summed E-state index contributed by atoms with van der Waals surface area (Å²) in [5.74, 6) is -0.949. The van der Waals surface area contributed by atoms with E-state index in [0.717, 1.165) is 4.88 Å². The number of carbonyl (C=O) groups is 1. The van der Waals surface area contributed by atoms with E-state index >= 15 is 0 Å². The van der Waals surface area contributed by atoms with E-state index in [1.54, 1.807) is 25.1 Å². The summed E-state index contributed by atoms with van der Waals surface area (Å²) >= 11 is 7.52. The van der Waals surface area contributed by atoms with E-state index in [1.807, 2.05) is 17.5 Å². The maximum absolute atomic E-state index is 11.6. The molecule has 2 heterocycles. The van der Waals surface area contributed by atoms with Crippen molar-refractivity contribution in [2.45, 2.75) is 6.92 Å². The molecule has 0 saturated carbocycles. The molecule has 0 fully saturated rings. The quantitative estimate of drug-likeness (QED) is 0.751. The number of carboxylic acid groups (broad SMARTS) is 1. The van der Waals surface area contributed by atoms with E-state index in [9.17, 15) is 9.90 Å². The molecule has 100 valence electrons. The highest BCUT2D eigenvalue weighted by Gasteiger charge is 2.18. The number of nitrogens with zero attached hydrogens (tertiary/aromatic N) is 1. The average Bonchev–Trinajstić information content (AvgIpc) is 2.91. The molecule has 3 rings (SSSR count). The van der Waals surface area contributed by atoms with E-state index in [4.69, 9.17) is 11.6 Å². The molecule has 0 amide bonds. The van der Waals surface area contributed by atoms with Crippen molar-refractivity contribution < 1.29 is 9.90 Å². The zero-order valence-corrected chi connectivity index (χ0v) is 12.1. The summed E-state index contributed by atoms with van der Waals surface area (Å²) in [7, 11) is 0. The second-order valence-corrected chi connectivity index (χ2v) is 5.79. The van der Waals surface area contributed by atoms with Crippen molar-refractivity contribution >= 4 is 39.8 Å². The van der Waals surface area contributed by atoms with Crippen LogP contribution in [-0.4, -0.2) is 16.1 Å². The second kappa shape index (κ2) is 4.89. The number of hydrogen-bond acceptors (Lipinski definition) is 3. The molecule has 0 aliphatic carbocycles. The summed E-state index contributed by atoms with van der Waals surface area (Å²) < 4.78 is 0. The monoisotopic (exact) mass is 303 g/mol. The Kier molecular flexibility index (Phi) is 3.20. The summed E-state index contributed by atoms with van der Waals surface area (Å²) in [4.78, 5) is 17.1. The Balaban J connectivity index is 2.43. The lowest BCUT2D eigenvalue weighted by Crippen LogP contribution is -2.04. The van der Waals surface area contributed by atoms with Gasteiger partial charge in [0.2, 0.25) is 0 Å². The Hall–Kier alpha value is -1.91. The molecule has 0 atom stereocenters. The minimum Gasteiger partial charge on any atom is -0.478 e. The molecule has 0 saturated heterocycles. The molecular formula is C15H10ClNO2S. The van der Waals surface area contributed by atoms with Crippen LogP contribution in [-0.2, 0) is 0 Å². The van der Waals surface area contributed by atoms with Gasteiger partial charge in [-0.15, -0.1) is 11.3 Å². The molecule has 0 unspecified atom stereocenters. The summed E-state index contributed by atoms with van der Waals surface area (Å²) in [5.41, 5.74) is 2.26. The highest BCUT2D eigenvalue weighted by Crippen LogP contribution is 2.32. The molecular weight excluding hydrogens is 294 g/mol. The van der Waals surface area contributed by atoms with Gasteiger partial charge in [-0.25, -0.2) is 9.78 Å². The topological polar surface area (TPSA) is 50.2 Å². The Bertz CT molecular complexity index is 812. The van der Waals surface area contributed by atoms with E-state index in [0.29, 0.717) is 27.2 Å². The highest BCUT2D eigenvalue weighted by atomic mass is 35.5. The lowest BCUT2D eigenvalue weighted by atomic mass is 10.0. The van der Waals surface area contributed by atoms with Gasteiger partial charge in [-0.1, -0.05) is 23.7 Å². The third kappa shape index (κ3) is 2.07. The predicted molar refractivity (Wildman–Crippen MR) is 81.8 cm³/mol. The number of aromatic carboxylic acids is 1. The highest BCUT2D eigenvalue weighted by molar-refractivity contribution is 7.13. The lowest BCUT2D eigenvalue weighted by Gasteiger charge is -2.11. The zero-order valence-electron chi connectivity index (χ0n) is 10.6. The van der Waals surface area contributed by atoms with Crippen LogP contribution in [0, 0.1) is 6.92 Å². The summed E-state index contributed by atoms with van der Waals surface area (Å²) in [6, 6.07) is 8.94. The van der Waals surface area contributed by atoms with Gasteiger partial charge < -0.3 is 5.11 Å². The number of hydrogen-bond donors (Lipinski definition) is 1. The fourth-order valence-electron chi connectivity index (χ4n) is 2.26. The summed E-state index contributed by atoms with van der Waals surface area (Å²) in [6.45, 7) is 1.79. The fraction of sp³-hybridized carbons (Fsp3) is 0.0667. The third-order valence-electron chi connectivity index (χ3n) is 3.16. The van der Waals surface area contributed by atoms with Crippen LogP contribution in [0.5, 0.6) is 0 Å². The minimum atomic E-state index is -0.949. The SMILES string of the molecule is Cc1c(-c2cccs2)nc2cc(Cl)ccc2c1C(=O)O. The van der Waals surface area contributed by atoms with Crippen LogP contribution in [0.15, 0.2) is 35.7 Å². The van der Waals surface area contributed by atoms with Gasteiger partial charge in [-0.2, -0.15) is 0 Å². The zero-order chi connectivity index (χ0) is 14.3. The number of benzene rings is 1. The first kappa shape index (κ1) is 13.1. The molecule has 0 radical (unpaired) electrons.